The second-order valence-corrected chi connectivity index (χ2v) is 10.3. The van der Waals surface area contributed by atoms with E-state index in [1.807, 2.05) is 12.4 Å². The van der Waals surface area contributed by atoms with Crippen LogP contribution in [0.5, 0.6) is 0 Å². The number of rotatable bonds is 7. The zero-order chi connectivity index (χ0) is 24.7. The van der Waals surface area contributed by atoms with Crippen LogP contribution in [0, 0.1) is 17.8 Å². The Kier molecular flexibility index (Phi) is 6.46. The molecule has 0 bridgehead atoms. The minimum atomic E-state index is -4.47. The number of amides is 1. The second kappa shape index (κ2) is 9.41. The molecule has 0 spiro atoms. The number of piperidine rings is 1. The number of halogens is 3. The van der Waals surface area contributed by atoms with Gasteiger partial charge in [-0.15, -0.1) is 0 Å². The average molecular weight is 489 g/mol. The molecule has 2 saturated carbocycles. The molecule has 1 N–H and O–H groups in total. The summed E-state index contributed by atoms with van der Waals surface area (Å²) in [5, 5.41) is 2.48. The van der Waals surface area contributed by atoms with Gasteiger partial charge in [0, 0.05) is 68.9 Å². The highest BCUT2D eigenvalue weighted by Gasteiger charge is 2.59. The molecule has 5 rings (SSSR count). The number of aromatic nitrogens is 2. The van der Waals surface area contributed by atoms with Crippen LogP contribution in [0.25, 0.3) is 0 Å². The van der Waals surface area contributed by atoms with Gasteiger partial charge in [-0.25, -0.2) is 4.98 Å². The lowest BCUT2D eigenvalue weighted by Gasteiger charge is -2.35. The monoisotopic (exact) mass is 488 g/mol. The minimum absolute atomic E-state index is 0.00800. The maximum atomic E-state index is 12.8. The Morgan fingerprint density at radius 2 is 1.80 bits per heavy atom. The number of likely N-dealkylation sites (tertiary alicyclic amines) is 1. The molecule has 1 amide bonds. The van der Waals surface area contributed by atoms with Gasteiger partial charge in [0.2, 0.25) is 5.91 Å². The van der Waals surface area contributed by atoms with Crippen molar-refractivity contribution in [3.63, 3.8) is 0 Å². The van der Waals surface area contributed by atoms with Crippen LogP contribution in [-0.2, 0) is 22.8 Å². The Bertz CT molecular complexity index is 1080. The molecule has 9 heteroatoms. The maximum absolute atomic E-state index is 12.8. The van der Waals surface area contributed by atoms with E-state index in [1.165, 1.54) is 18.0 Å². The van der Waals surface area contributed by atoms with E-state index in [4.69, 9.17) is 0 Å². The standard InChI is InChI=1S/C26H31F3N4O2/c1-32-12-11-30-25(32)16-5-7-19(8-6-16)33-14-20-21(15-33)24(20)22(34)9-10-23(35)31-18-4-2-3-17(13-18)26(27,28)29/h2-4,11-13,16,19-21,24H,5-10,14-15H2,1H3,(H,31,35)/t16?,19?,20-,21+,24?. The summed E-state index contributed by atoms with van der Waals surface area (Å²) in [6, 6.07) is 5.11. The molecule has 3 atom stereocenters. The van der Waals surface area contributed by atoms with Crippen molar-refractivity contribution in [3.05, 3.63) is 48.0 Å². The van der Waals surface area contributed by atoms with Crippen molar-refractivity contribution < 1.29 is 22.8 Å². The number of carbonyl (C=O) groups excluding carboxylic acids is 2. The lowest BCUT2D eigenvalue weighted by atomic mass is 9.84. The van der Waals surface area contributed by atoms with Gasteiger partial charge in [-0.3, -0.25) is 14.5 Å². The van der Waals surface area contributed by atoms with Crippen molar-refractivity contribution >= 4 is 17.4 Å². The number of alkyl halides is 3. The molecule has 3 aliphatic rings. The molecular weight excluding hydrogens is 457 g/mol. The van der Waals surface area contributed by atoms with Crippen molar-refractivity contribution in [2.24, 2.45) is 24.8 Å². The van der Waals surface area contributed by atoms with E-state index < -0.39 is 17.6 Å². The normalized spacial score (nSPS) is 28.5. The van der Waals surface area contributed by atoms with Crippen molar-refractivity contribution in [2.75, 3.05) is 18.4 Å². The van der Waals surface area contributed by atoms with E-state index in [-0.39, 0.29) is 30.2 Å². The quantitative estimate of drug-likeness (QED) is 0.617. The number of carbonyl (C=O) groups is 2. The van der Waals surface area contributed by atoms with Gasteiger partial charge in [-0.1, -0.05) is 6.07 Å². The summed E-state index contributed by atoms with van der Waals surface area (Å²) in [7, 11) is 2.05. The van der Waals surface area contributed by atoms with E-state index in [1.54, 1.807) is 0 Å². The summed E-state index contributed by atoms with van der Waals surface area (Å²) in [5.74, 6) is 2.20. The molecule has 3 fully saturated rings. The van der Waals surface area contributed by atoms with Crippen LogP contribution >= 0.6 is 0 Å². The first-order valence-corrected chi connectivity index (χ1v) is 12.4. The molecule has 1 aliphatic heterocycles. The molecular formula is C26H31F3N4O2. The summed E-state index contributed by atoms with van der Waals surface area (Å²) in [6.45, 7) is 1.91. The third-order valence-corrected chi connectivity index (χ3v) is 8.10. The molecule has 2 heterocycles. The van der Waals surface area contributed by atoms with Crippen molar-refractivity contribution in [2.45, 2.75) is 56.7 Å². The molecule has 2 aliphatic carbocycles. The molecule has 1 aromatic carbocycles. The molecule has 2 aromatic rings. The number of imidazole rings is 1. The minimum Gasteiger partial charge on any atom is -0.338 e. The number of fused-ring (bicyclic) bond motifs is 1. The number of nitrogens with one attached hydrogen (secondary N) is 1. The fourth-order valence-electron chi connectivity index (χ4n) is 6.20. The zero-order valence-corrected chi connectivity index (χ0v) is 19.8. The van der Waals surface area contributed by atoms with E-state index in [0.29, 0.717) is 23.8 Å². The molecule has 1 aromatic heterocycles. The number of aryl methyl sites for hydroxylation is 1. The number of hydrogen-bond donors (Lipinski definition) is 1. The van der Waals surface area contributed by atoms with Gasteiger partial charge in [0.1, 0.15) is 11.6 Å². The maximum Gasteiger partial charge on any atom is 0.416 e. The fraction of sp³-hybridized carbons (Fsp3) is 0.577. The van der Waals surface area contributed by atoms with Gasteiger partial charge in [-0.05, 0) is 55.7 Å². The molecule has 6 nitrogen and oxygen atoms in total. The van der Waals surface area contributed by atoms with Gasteiger partial charge in [0.05, 0.1) is 5.56 Å². The third-order valence-electron chi connectivity index (χ3n) is 8.10. The van der Waals surface area contributed by atoms with Crippen LogP contribution in [-0.4, -0.2) is 45.3 Å². The largest absolute Gasteiger partial charge is 0.416 e. The average Bonchev–Trinajstić information content (AvgIpc) is 3.12. The smallest absolute Gasteiger partial charge is 0.338 e. The van der Waals surface area contributed by atoms with E-state index in [9.17, 15) is 22.8 Å². The molecule has 0 radical (unpaired) electrons. The highest BCUT2D eigenvalue weighted by atomic mass is 19.4. The van der Waals surface area contributed by atoms with Crippen molar-refractivity contribution in [1.29, 1.82) is 0 Å². The molecule has 1 saturated heterocycles. The first kappa shape index (κ1) is 24.0. The van der Waals surface area contributed by atoms with Crippen LogP contribution in [0.2, 0.25) is 0 Å². The van der Waals surface area contributed by atoms with Crippen molar-refractivity contribution in [1.82, 2.24) is 14.5 Å². The van der Waals surface area contributed by atoms with Gasteiger partial charge in [0.15, 0.2) is 0 Å². The van der Waals surface area contributed by atoms with Crippen LogP contribution in [0.3, 0.4) is 0 Å². The predicted octanol–water partition coefficient (Wildman–Crippen LogP) is 4.63. The highest BCUT2D eigenvalue weighted by molar-refractivity contribution is 5.94. The van der Waals surface area contributed by atoms with Gasteiger partial charge in [0.25, 0.3) is 0 Å². The van der Waals surface area contributed by atoms with Gasteiger partial charge in [-0.2, -0.15) is 13.2 Å². The fourth-order valence-corrected chi connectivity index (χ4v) is 6.20. The molecule has 188 valence electrons. The Balaban J connectivity index is 1.04. The Morgan fingerprint density at radius 1 is 1.09 bits per heavy atom. The van der Waals surface area contributed by atoms with Crippen LogP contribution < -0.4 is 5.32 Å². The lowest BCUT2D eigenvalue weighted by molar-refractivity contribution is -0.137. The zero-order valence-electron chi connectivity index (χ0n) is 19.8. The van der Waals surface area contributed by atoms with Gasteiger partial charge >= 0.3 is 6.18 Å². The lowest BCUT2D eigenvalue weighted by Crippen LogP contribution is -2.38. The van der Waals surface area contributed by atoms with E-state index in [0.717, 1.165) is 50.9 Å². The van der Waals surface area contributed by atoms with E-state index >= 15 is 0 Å². The topological polar surface area (TPSA) is 67.2 Å². The van der Waals surface area contributed by atoms with Crippen LogP contribution in [0.1, 0.15) is 55.8 Å². The van der Waals surface area contributed by atoms with Crippen LogP contribution in [0.15, 0.2) is 36.7 Å². The Morgan fingerprint density at radius 3 is 2.43 bits per heavy atom. The van der Waals surface area contributed by atoms with E-state index in [2.05, 4.69) is 26.8 Å². The number of benzene rings is 1. The predicted molar refractivity (Wildman–Crippen MR) is 125 cm³/mol. The number of Topliss-reactive ketones (excluding diaryl/α,β-unsaturated/α-hetero) is 1. The Labute approximate surface area is 202 Å². The summed E-state index contributed by atoms with van der Waals surface area (Å²) in [4.78, 5) is 32.0. The number of nitrogens with zero attached hydrogens (tertiary/aromatic N) is 3. The first-order chi connectivity index (χ1) is 16.7. The number of anilines is 1. The number of ketones is 1. The van der Waals surface area contributed by atoms with Crippen LogP contribution in [0.4, 0.5) is 18.9 Å². The summed E-state index contributed by atoms with van der Waals surface area (Å²) in [6.07, 6.45) is 4.13. The Hall–Kier alpha value is -2.68. The summed E-state index contributed by atoms with van der Waals surface area (Å²) in [5.41, 5.74) is -0.722. The molecule has 35 heavy (non-hydrogen) atoms. The van der Waals surface area contributed by atoms with Gasteiger partial charge < -0.3 is 9.88 Å². The SMILES string of the molecule is Cn1ccnc1C1CCC(N2C[C@@H]3C(C(=O)CCC(=O)Nc4cccc(C(F)(F)F)c4)[C@@H]3C2)CC1. The summed E-state index contributed by atoms with van der Waals surface area (Å²) < 4.78 is 40.6. The first-order valence-electron chi connectivity index (χ1n) is 12.4. The highest BCUT2D eigenvalue weighted by Crippen LogP contribution is 2.54. The molecule has 1 unspecified atom stereocenters. The summed E-state index contributed by atoms with van der Waals surface area (Å²) >= 11 is 0. The second-order valence-electron chi connectivity index (χ2n) is 10.3. The number of hydrogen-bond acceptors (Lipinski definition) is 4. The van der Waals surface area contributed by atoms with Crippen molar-refractivity contribution in [3.8, 4) is 0 Å². The third kappa shape index (κ3) is 5.15.